The van der Waals surface area contributed by atoms with Gasteiger partial charge in [-0.15, -0.1) is 0 Å². The number of aromatic amines is 1. The van der Waals surface area contributed by atoms with Gasteiger partial charge in [0.15, 0.2) is 5.03 Å². The lowest BCUT2D eigenvalue weighted by Gasteiger charge is -2.30. The van der Waals surface area contributed by atoms with Crippen molar-refractivity contribution in [2.24, 2.45) is 0 Å². The molecule has 0 amide bonds. The fourth-order valence-corrected chi connectivity index (χ4v) is 3.40. The predicted octanol–water partition coefficient (Wildman–Crippen LogP) is -0.0156. The lowest BCUT2D eigenvalue weighted by atomic mass is 10.1. The van der Waals surface area contributed by atoms with Crippen LogP contribution in [0.15, 0.2) is 11.2 Å². The Bertz CT molecular complexity index is 566. The van der Waals surface area contributed by atoms with Crippen LogP contribution < -0.4 is 4.72 Å². The smallest absolute Gasteiger partial charge is 0.257 e. The maximum Gasteiger partial charge on any atom is 0.257 e. The van der Waals surface area contributed by atoms with E-state index >= 15 is 0 Å². The highest BCUT2D eigenvalue weighted by atomic mass is 32.2. The molecule has 2 N–H and O–H groups in total. The first-order valence-corrected chi connectivity index (χ1v) is 7.63. The summed E-state index contributed by atoms with van der Waals surface area (Å²) in [5.41, 5.74) is 0. The zero-order valence-corrected chi connectivity index (χ0v) is 11.6. The molecule has 0 saturated carbocycles. The SMILES string of the molecule is Cc1ncc(S(=O)(=O)NC2CCN(CC#N)CC2)[nH]1. The summed E-state index contributed by atoms with van der Waals surface area (Å²) in [5.74, 6) is 0.573. The highest BCUT2D eigenvalue weighted by Crippen LogP contribution is 2.13. The molecule has 7 nitrogen and oxygen atoms in total. The van der Waals surface area contributed by atoms with E-state index in [1.54, 1.807) is 6.92 Å². The summed E-state index contributed by atoms with van der Waals surface area (Å²) in [6.07, 6.45) is 2.75. The minimum absolute atomic E-state index is 0.0800. The van der Waals surface area contributed by atoms with E-state index in [1.165, 1.54) is 6.20 Å². The summed E-state index contributed by atoms with van der Waals surface area (Å²) in [5, 5.41) is 8.71. The van der Waals surface area contributed by atoms with Crippen LogP contribution in [0, 0.1) is 18.3 Å². The number of hydrogen-bond acceptors (Lipinski definition) is 5. The highest BCUT2D eigenvalue weighted by molar-refractivity contribution is 7.89. The molecule has 1 aliphatic heterocycles. The van der Waals surface area contributed by atoms with Gasteiger partial charge >= 0.3 is 0 Å². The predicted molar refractivity (Wildman–Crippen MR) is 68.7 cm³/mol. The summed E-state index contributed by atoms with van der Waals surface area (Å²) >= 11 is 0. The van der Waals surface area contributed by atoms with E-state index in [-0.39, 0.29) is 11.1 Å². The number of piperidine rings is 1. The van der Waals surface area contributed by atoms with Gasteiger partial charge in [0.05, 0.1) is 18.8 Å². The molecule has 1 fully saturated rings. The Morgan fingerprint density at radius 1 is 1.58 bits per heavy atom. The highest BCUT2D eigenvalue weighted by Gasteiger charge is 2.25. The number of nitrogens with zero attached hydrogens (tertiary/aromatic N) is 3. The van der Waals surface area contributed by atoms with Crippen molar-refractivity contribution >= 4 is 10.0 Å². The molecule has 1 aromatic heterocycles. The molecule has 0 spiro atoms. The van der Waals surface area contributed by atoms with Crippen molar-refractivity contribution in [2.75, 3.05) is 19.6 Å². The van der Waals surface area contributed by atoms with Gasteiger partial charge in [-0.3, -0.25) is 4.90 Å². The molecule has 0 atom stereocenters. The Morgan fingerprint density at radius 3 is 2.79 bits per heavy atom. The topological polar surface area (TPSA) is 102 Å². The third-order valence-electron chi connectivity index (χ3n) is 3.17. The summed E-state index contributed by atoms with van der Waals surface area (Å²) < 4.78 is 26.8. The van der Waals surface area contributed by atoms with Gasteiger partial charge in [0.2, 0.25) is 0 Å². The Kier molecular flexibility index (Phi) is 4.19. The molecular weight excluding hydrogens is 266 g/mol. The van der Waals surface area contributed by atoms with E-state index in [0.29, 0.717) is 25.2 Å². The molecule has 0 aromatic carbocycles. The quantitative estimate of drug-likeness (QED) is 0.756. The number of H-pyrrole nitrogens is 1. The Balaban J connectivity index is 1.94. The second kappa shape index (κ2) is 5.69. The Hall–Kier alpha value is -1.43. The standard InChI is InChI=1S/C11H17N5O2S/c1-9-13-8-11(14-9)19(17,18)15-10-2-5-16(6-3-10)7-4-12/h8,10,15H,2-3,5-7H2,1H3,(H,13,14). The van der Waals surface area contributed by atoms with E-state index in [0.717, 1.165) is 13.1 Å². The fourth-order valence-electron chi connectivity index (χ4n) is 2.13. The van der Waals surface area contributed by atoms with Crippen LogP contribution in [0.2, 0.25) is 0 Å². The average molecular weight is 283 g/mol. The fraction of sp³-hybridized carbons (Fsp3) is 0.636. The lowest BCUT2D eigenvalue weighted by Crippen LogP contribution is -2.44. The normalized spacial score (nSPS) is 18.3. The van der Waals surface area contributed by atoms with Crippen LogP contribution in [0.25, 0.3) is 0 Å². The third kappa shape index (κ3) is 3.53. The first-order valence-electron chi connectivity index (χ1n) is 6.14. The molecule has 104 valence electrons. The maximum absolute atomic E-state index is 12.1. The average Bonchev–Trinajstić information content (AvgIpc) is 2.79. The van der Waals surface area contributed by atoms with Crippen LogP contribution in [0.1, 0.15) is 18.7 Å². The summed E-state index contributed by atoms with van der Waals surface area (Å²) in [4.78, 5) is 8.63. The van der Waals surface area contributed by atoms with Crippen molar-refractivity contribution in [3.05, 3.63) is 12.0 Å². The van der Waals surface area contributed by atoms with Crippen molar-refractivity contribution in [2.45, 2.75) is 30.8 Å². The molecule has 1 saturated heterocycles. The second-order valence-electron chi connectivity index (χ2n) is 4.66. The van der Waals surface area contributed by atoms with Gasteiger partial charge in [-0.05, 0) is 19.8 Å². The van der Waals surface area contributed by atoms with Crippen molar-refractivity contribution in [3.63, 3.8) is 0 Å². The molecule has 0 aliphatic carbocycles. The molecule has 1 aliphatic rings. The van der Waals surface area contributed by atoms with Crippen molar-refractivity contribution in [1.82, 2.24) is 19.6 Å². The zero-order valence-electron chi connectivity index (χ0n) is 10.8. The minimum atomic E-state index is -3.52. The van der Waals surface area contributed by atoms with Gasteiger partial charge in [0.1, 0.15) is 5.82 Å². The zero-order chi connectivity index (χ0) is 13.9. The van der Waals surface area contributed by atoms with Crippen LogP contribution in [0.3, 0.4) is 0 Å². The van der Waals surface area contributed by atoms with Gasteiger partial charge in [0.25, 0.3) is 10.0 Å². The minimum Gasteiger partial charge on any atom is -0.332 e. The number of sulfonamides is 1. The number of hydrogen-bond donors (Lipinski definition) is 2. The van der Waals surface area contributed by atoms with Gasteiger partial charge in [-0.25, -0.2) is 18.1 Å². The number of imidazole rings is 1. The third-order valence-corrected chi connectivity index (χ3v) is 4.60. The van der Waals surface area contributed by atoms with Crippen molar-refractivity contribution in [3.8, 4) is 6.07 Å². The van der Waals surface area contributed by atoms with E-state index in [9.17, 15) is 8.42 Å². The van der Waals surface area contributed by atoms with Gasteiger partial charge in [-0.2, -0.15) is 5.26 Å². The number of nitriles is 1. The molecular formula is C11H17N5O2S. The molecule has 8 heteroatoms. The summed E-state index contributed by atoms with van der Waals surface area (Å²) in [6, 6.07) is 2.02. The van der Waals surface area contributed by atoms with Crippen LogP contribution in [-0.4, -0.2) is 49.0 Å². The molecule has 1 aromatic rings. The van der Waals surface area contributed by atoms with E-state index < -0.39 is 10.0 Å². The molecule has 2 rings (SSSR count). The molecule has 0 bridgehead atoms. The number of aromatic nitrogens is 2. The number of nitrogens with one attached hydrogen (secondary N) is 2. The monoisotopic (exact) mass is 283 g/mol. The van der Waals surface area contributed by atoms with Gasteiger partial charge in [-0.1, -0.05) is 0 Å². The first-order chi connectivity index (χ1) is 9.01. The van der Waals surface area contributed by atoms with Crippen LogP contribution in [-0.2, 0) is 10.0 Å². The first kappa shape index (κ1) is 14.0. The van der Waals surface area contributed by atoms with Gasteiger partial charge < -0.3 is 4.98 Å². The summed E-state index contributed by atoms with van der Waals surface area (Å²) in [7, 11) is -3.52. The van der Waals surface area contributed by atoms with Crippen LogP contribution in [0.4, 0.5) is 0 Å². The van der Waals surface area contributed by atoms with Crippen LogP contribution >= 0.6 is 0 Å². The molecule has 0 unspecified atom stereocenters. The lowest BCUT2D eigenvalue weighted by molar-refractivity contribution is 0.229. The van der Waals surface area contributed by atoms with E-state index in [1.807, 2.05) is 4.90 Å². The van der Waals surface area contributed by atoms with E-state index in [2.05, 4.69) is 20.8 Å². The van der Waals surface area contributed by atoms with Crippen LogP contribution in [0.5, 0.6) is 0 Å². The molecule has 0 radical (unpaired) electrons. The number of likely N-dealkylation sites (tertiary alicyclic amines) is 1. The second-order valence-corrected chi connectivity index (χ2v) is 6.35. The van der Waals surface area contributed by atoms with Gasteiger partial charge in [0, 0.05) is 19.1 Å². The number of aryl methyl sites for hydroxylation is 1. The summed E-state index contributed by atoms with van der Waals surface area (Å²) in [6.45, 7) is 3.59. The molecule has 19 heavy (non-hydrogen) atoms. The Labute approximate surface area is 112 Å². The van der Waals surface area contributed by atoms with E-state index in [4.69, 9.17) is 5.26 Å². The van der Waals surface area contributed by atoms with Crippen molar-refractivity contribution in [1.29, 1.82) is 5.26 Å². The maximum atomic E-state index is 12.1. The largest absolute Gasteiger partial charge is 0.332 e. The Morgan fingerprint density at radius 2 is 2.26 bits per heavy atom. The molecule has 2 heterocycles. The van der Waals surface area contributed by atoms with Crippen molar-refractivity contribution < 1.29 is 8.42 Å². The number of rotatable bonds is 4.